The van der Waals surface area contributed by atoms with E-state index in [2.05, 4.69) is 63.5 Å². The number of fused-ring (bicyclic) bond motifs is 3. The van der Waals surface area contributed by atoms with Crippen LogP contribution in [0.5, 0.6) is 0 Å². The number of nitrogens with zero attached hydrogens (tertiary/aromatic N) is 3. The summed E-state index contributed by atoms with van der Waals surface area (Å²) in [6, 6.07) is 9.75. The van der Waals surface area contributed by atoms with Crippen LogP contribution in [0.25, 0.3) is 10.9 Å². The molecule has 2 aromatic heterocycles. The van der Waals surface area contributed by atoms with Gasteiger partial charge in [-0.2, -0.15) is 0 Å². The summed E-state index contributed by atoms with van der Waals surface area (Å²) in [7, 11) is 2.21. The average molecular weight is 438 g/mol. The fraction of sp³-hybridized carbons (Fsp3) is 0.500. The Labute approximate surface area is 187 Å². The second kappa shape index (κ2) is 8.63. The molecule has 2 N–H and O–H groups in total. The Balaban J connectivity index is 1.26. The molecule has 3 fully saturated rings. The van der Waals surface area contributed by atoms with Crippen molar-refractivity contribution in [2.75, 3.05) is 25.0 Å². The van der Waals surface area contributed by atoms with E-state index < -0.39 is 0 Å². The van der Waals surface area contributed by atoms with Gasteiger partial charge in [-0.25, -0.2) is 4.98 Å². The standard InChI is InChI=1S/C24H31N5OS/c1-3-4-7-17(10-16-12-25-21-9-6-5-8-20(16)21)27-23(30)22-13-26-24(31-22)29-14-18-11-19(15-29)28(18)2/h5-6,8-9,12-13,17-19,25H,3-4,7,10-11,14-15H2,1-2H3,(H,27,30). The number of para-hydroxylation sites is 1. The quantitative estimate of drug-likeness (QED) is 0.558. The second-order valence-corrected chi connectivity index (χ2v) is 10.0. The molecule has 1 amide bonds. The number of aromatic nitrogens is 2. The van der Waals surface area contributed by atoms with Crippen LogP contribution >= 0.6 is 11.3 Å². The van der Waals surface area contributed by atoms with Crippen LogP contribution in [0, 0.1) is 0 Å². The number of anilines is 1. The molecular formula is C24H31N5OS. The lowest BCUT2D eigenvalue weighted by atomic mass is 9.89. The van der Waals surface area contributed by atoms with Crippen LogP contribution in [0.3, 0.4) is 0 Å². The number of carbonyl (C=O) groups excluding carboxylic acids is 1. The van der Waals surface area contributed by atoms with Crippen molar-refractivity contribution in [1.29, 1.82) is 0 Å². The summed E-state index contributed by atoms with van der Waals surface area (Å²) < 4.78 is 0. The predicted octanol–water partition coefficient (Wildman–Crippen LogP) is 4.05. The van der Waals surface area contributed by atoms with Crippen molar-refractivity contribution < 1.29 is 4.79 Å². The predicted molar refractivity (Wildman–Crippen MR) is 127 cm³/mol. The van der Waals surface area contributed by atoms with Gasteiger partial charge in [0.2, 0.25) is 0 Å². The maximum Gasteiger partial charge on any atom is 0.263 e. The van der Waals surface area contributed by atoms with Crippen LogP contribution in [0.1, 0.15) is 47.8 Å². The van der Waals surface area contributed by atoms with E-state index in [0.29, 0.717) is 17.0 Å². The highest BCUT2D eigenvalue weighted by atomic mass is 32.1. The Kier molecular flexibility index (Phi) is 5.71. The molecule has 0 radical (unpaired) electrons. The lowest BCUT2D eigenvalue weighted by Crippen LogP contribution is -2.67. The Morgan fingerprint density at radius 2 is 2.13 bits per heavy atom. The third-order valence-corrected chi connectivity index (χ3v) is 7.99. The van der Waals surface area contributed by atoms with E-state index in [0.717, 1.165) is 49.4 Å². The van der Waals surface area contributed by atoms with Crippen LogP contribution in [-0.4, -0.2) is 59.0 Å². The zero-order valence-corrected chi connectivity index (χ0v) is 19.1. The molecular weight excluding hydrogens is 406 g/mol. The zero-order chi connectivity index (χ0) is 21.4. The molecule has 3 saturated heterocycles. The fourth-order valence-electron chi connectivity index (χ4n) is 4.97. The Hall–Kier alpha value is -2.38. The lowest BCUT2D eigenvalue weighted by Gasteiger charge is -2.54. The number of nitrogens with one attached hydrogen (secondary N) is 2. The van der Waals surface area contributed by atoms with Gasteiger partial charge in [0.25, 0.3) is 5.91 Å². The number of hydrogen-bond donors (Lipinski definition) is 2. The van der Waals surface area contributed by atoms with Crippen LogP contribution in [-0.2, 0) is 6.42 Å². The first kappa shape index (κ1) is 20.5. The fourth-order valence-corrected chi connectivity index (χ4v) is 5.80. The molecule has 0 spiro atoms. The summed E-state index contributed by atoms with van der Waals surface area (Å²) in [6.07, 6.45) is 9.17. The van der Waals surface area contributed by atoms with Crippen LogP contribution < -0.4 is 10.2 Å². The van der Waals surface area contributed by atoms with Crippen molar-refractivity contribution in [2.24, 2.45) is 0 Å². The molecule has 31 heavy (non-hydrogen) atoms. The summed E-state index contributed by atoms with van der Waals surface area (Å²) in [4.78, 5) is 26.5. The highest BCUT2D eigenvalue weighted by molar-refractivity contribution is 7.17. The van der Waals surface area contributed by atoms with Crippen molar-refractivity contribution in [2.45, 2.75) is 57.2 Å². The van der Waals surface area contributed by atoms with Crippen LogP contribution in [0.2, 0.25) is 0 Å². The first-order chi connectivity index (χ1) is 15.1. The Bertz CT molecular complexity index is 1050. The molecule has 164 valence electrons. The van der Waals surface area contributed by atoms with Crippen LogP contribution in [0.15, 0.2) is 36.7 Å². The van der Waals surface area contributed by atoms with E-state index in [1.165, 1.54) is 28.7 Å². The van der Waals surface area contributed by atoms with Gasteiger partial charge < -0.3 is 15.2 Å². The number of piperidine rings is 1. The number of amides is 1. The van der Waals surface area contributed by atoms with Crippen molar-refractivity contribution in [3.63, 3.8) is 0 Å². The van der Waals surface area contributed by atoms with Gasteiger partial charge in [0.05, 0.1) is 6.20 Å². The first-order valence-corrected chi connectivity index (χ1v) is 12.2. The smallest absolute Gasteiger partial charge is 0.263 e. The topological polar surface area (TPSA) is 64.3 Å². The molecule has 3 atom stereocenters. The van der Waals surface area contributed by atoms with Gasteiger partial charge in [-0.05, 0) is 37.9 Å². The molecule has 2 bridgehead atoms. The minimum absolute atomic E-state index is 0.00369. The van der Waals surface area contributed by atoms with Crippen molar-refractivity contribution in [1.82, 2.24) is 20.2 Å². The summed E-state index contributed by atoms with van der Waals surface area (Å²) in [5, 5.41) is 5.53. The lowest BCUT2D eigenvalue weighted by molar-refractivity contribution is 0.0264. The molecule has 3 aromatic rings. The minimum atomic E-state index is 0.00369. The molecule has 7 heteroatoms. The Morgan fingerprint density at radius 1 is 1.32 bits per heavy atom. The number of H-pyrrole nitrogens is 1. The minimum Gasteiger partial charge on any atom is -0.361 e. The van der Waals surface area contributed by atoms with Gasteiger partial charge in [0, 0.05) is 48.3 Å². The average Bonchev–Trinajstić information content (AvgIpc) is 3.45. The van der Waals surface area contributed by atoms with Crippen molar-refractivity contribution in [3.05, 3.63) is 47.1 Å². The van der Waals surface area contributed by atoms with Gasteiger partial charge >= 0.3 is 0 Å². The molecule has 0 saturated carbocycles. The number of aromatic amines is 1. The third-order valence-electron chi connectivity index (χ3n) is 6.93. The number of hydrogen-bond acceptors (Lipinski definition) is 5. The number of thiazole rings is 1. The molecule has 1 aromatic carbocycles. The number of unbranched alkanes of at least 4 members (excludes halogenated alkanes) is 1. The van der Waals surface area contributed by atoms with E-state index in [4.69, 9.17) is 0 Å². The van der Waals surface area contributed by atoms with Crippen LogP contribution in [0.4, 0.5) is 5.13 Å². The second-order valence-electron chi connectivity index (χ2n) is 9.00. The van der Waals surface area contributed by atoms with E-state index in [9.17, 15) is 4.79 Å². The Morgan fingerprint density at radius 3 is 2.90 bits per heavy atom. The maximum atomic E-state index is 13.1. The highest BCUT2D eigenvalue weighted by Crippen LogP contribution is 2.34. The molecule has 3 aliphatic heterocycles. The molecule has 0 aliphatic carbocycles. The van der Waals surface area contributed by atoms with E-state index >= 15 is 0 Å². The van der Waals surface area contributed by atoms with Gasteiger partial charge in [0.15, 0.2) is 5.13 Å². The largest absolute Gasteiger partial charge is 0.361 e. The number of benzene rings is 1. The summed E-state index contributed by atoms with van der Waals surface area (Å²) in [5.74, 6) is 0.00369. The highest BCUT2D eigenvalue weighted by Gasteiger charge is 2.42. The summed E-state index contributed by atoms with van der Waals surface area (Å²) in [6.45, 7) is 4.23. The molecule has 3 unspecified atom stereocenters. The normalized spacial score (nSPS) is 21.8. The SMILES string of the molecule is CCCCC(Cc1c[nH]c2ccccc12)NC(=O)c1cnc(N2CC3CC(C2)N3C)s1. The van der Waals surface area contributed by atoms with E-state index in [1.54, 1.807) is 6.20 Å². The monoisotopic (exact) mass is 437 g/mol. The third kappa shape index (κ3) is 4.08. The van der Waals surface area contributed by atoms with Gasteiger partial charge in [0.1, 0.15) is 4.88 Å². The molecule has 6 nitrogen and oxygen atoms in total. The molecule has 3 aliphatic rings. The van der Waals surface area contributed by atoms with Gasteiger partial charge in [-0.1, -0.05) is 49.3 Å². The zero-order valence-electron chi connectivity index (χ0n) is 18.3. The number of likely N-dealkylation sites (N-methyl/N-ethyl adjacent to an activating group) is 1. The summed E-state index contributed by atoms with van der Waals surface area (Å²) >= 11 is 1.53. The molecule has 5 heterocycles. The van der Waals surface area contributed by atoms with Crippen molar-refractivity contribution in [3.8, 4) is 0 Å². The maximum absolute atomic E-state index is 13.1. The number of piperazine rings is 1. The summed E-state index contributed by atoms with van der Waals surface area (Å²) in [5.41, 5.74) is 2.41. The van der Waals surface area contributed by atoms with Gasteiger partial charge in [-0.3, -0.25) is 9.69 Å². The van der Waals surface area contributed by atoms with Crippen molar-refractivity contribution >= 4 is 33.3 Å². The van der Waals surface area contributed by atoms with E-state index in [-0.39, 0.29) is 11.9 Å². The first-order valence-electron chi connectivity index (χ1n) is 11.4. The number of rotatable bonds is 8. The molecule has 6 rings (SSSR count). The number of carbonyl (C=O) groups is 1. The van der Waals surface area contributed by atoms with E-state index in [1.807, 2.05) is 6.07 Å². The van der Waals surface area contributed by atoms with Gasteiger partial charge in [-0.15, -0.1) is 0 Å².